The molecule has 1 aromatic rings. The quantitative estimate of drug-likeness (QED) is 0.792. The third kappa shape index (κ3) is 3.43. The number of halogens is 1. The molecule has 0 atom stereocenters. The Hall–Kier alpha value is -1.62. The molecular formula is C10H9ClN2O4S. The summed E-state index contributed by atoms with van der Waals surface area (Å²) in [5.41, 5.74) is -0.181. The van der Waals surface area contributed by atoms with Crippen LogP contribution in [0.2, 0.25) is 5.02 Å². The van der Waals surface area contributed by atoms with Gasteiger partial charge in [0, 0.05) is 13.0 Å². The third-order valence-corrected chi connectivity index (χ3v) is 3.94. The van der Waals surface area contributed by atoms with Gasteiger partial charge in [0.2, 0.25) is 10.0 Å². The Balaban J connectivity index is 3.12. The molecule has 0 amide bonds. The molecular weight excluding hydrogens is 280 g/mol. The van der Waals surface area contributed by atoms with Crippen LogP contribution < -0.4 is 4.72 Å². The lowest BCUT2D eigenvalue weighted by atomic mass is 10.2. The van der Waals surface area contributed by atoms with E-state index in [2.05, 4.69) is 4.72 Å². The van der Waals surface area contributed by atoms with Gasteiger partial charge in [-0.25, -0.2) is 17.9 Å². The number of hydrogen-bond donors (Lipinski definition) is 2. The Morgan fingerprint density at radius 2 is 2.17 bits per heavy atom. The zero-order chi connectivity index (χ0) is 13.8. The molecule has 0 spiro atoms. The lowest BCUT2D eigenvalue weighted by Gasteiger charge is -2.07. The number of carboxylic acid groups (broad SMARTS) is 1. The molecule has 8 heteroatoms. The summed E-state index contributed by atoms with van der Waals surface area (Å²) < 4.78 is 25.8. The molecule has 0 aliphatic heterocycles. The second-order valence-electron chi connectivity index (χ2n) is 3.26. The number of aromatic carboxylic acids is 1. The van der Waals surface area contributed by atoms with Crippen molar-refractivity contribution in [2.24, 2.45) is 0 Å². The fourth-order valence-corrected chi connectivity index (χ4v) is 2.72. The van der Waals surface area contributed by atoms with Crippen LogP contribution in [0.1, 0.15) is 16.8 Å². The van der Waals surface area contributed by atoms with Gasteiger partial charge in [-0.15, -0.1) is 0 Å². The number of sulfonamides is 1. The maximum Gasteiger partial charge on any atom is 0.335 e. The van der Waals surface area contributed by atoms with Crippen molar-refractivity contribution < 1.29 is 18.3 Å². The van der Waals surface area contributed by atoms with Crippen molar-refractivity contribution in [1.29, 1.82) is 5.26 Å². The lowest BCUT2D eigenvalue weighted by Crippen LogP contribution is -2.25. The van der Waals surface area contributed by atoms with Gasteiger partial charge in [0.15, 0.2) is 0 Å². The van der Waals surface area contributed by atoms with Crippen molar-refractivity contribution in [3.05, 3.63) is 28.8 Å². The van der Waals surface area contributed by atoms with Crippen molar-refractivity contribution in [3.8, 4) is 6.07 Å². The fourth-order valence-electron chi connectivity index (χ4n) is 1.16. The van der Waals surface area contributed by atoms with Gasteiger partial charge in [-0.1, -0.05) is 11.6 Å². The minimum absolute atomic E-state index is 0.00940. The van der Waals surface area contributed by atoms with Crippen molar-refractivity contribution >= 4 is 27.6 Å². The SMILES string of the molecule is N#CCCNS(=O)(=O)c1cc(C(=O)O)ccc1Cl. The van der Waals surface area contributed by atoms with Gasteiger partial charge in [0.05, 0.1) is 16.7 Å². The Morgan fingerprint density at radius 3 is 2.72 bits per heavy atom. The molecule has 0 heterocycles. The van der Waals surface area contributed by atoms with Crippen LogP contribution in [-0.4, -0.2) is 26.0 Å². The Labute approximate surface area is 109 Å². The topological polar surface area (TPSA) is 107 Å². The molecule has 0 saturated carbocycles. The van der Waals surface area contributed by atoms with Gasteiger partial charge in [-0.3, -0.25) is 0 Å². The largest absolute Gasteiger partial charge is 0.478 e. The van der Waals surface area contributed by atoms with Crippen LogP contribution >= 0.6 is 11.6 Å². The van der Waals surface area contributed by atoms with Crippen molar-refractivity contribution in [1.82, 2.24) is 4.72 Å². The highest BCUT2D eigenvalue weighted by Gasteiger charge is 2.19. The van der Waals surface area contributed by atoms with Crippen LogP contribution in [0.5, 0.6) is 0 Å². The average molecular weight is 289 g/mol. The first-order chi connectivity index (χ1) is 8.38. The number of benzene rings is 1. The number of carboxylic acids is 1. The fraction of sp³-hybridized carbons (Fsp3) is 0.200. The standard InChI is InChI=1S/C10H9ClN2O4S/c11-8-3-2-7(10(14)15)6-9(8)18(16,17)13-5-1-4-12/h2-3,6,13H,1,5H2,(H,14,15). The Kier molecular flexibility index (Phi) is 4.67. The summed E-state index contributed by atoms with van der Waals surface area (Å²) in [6.45, 7) is -0.0630. The summed E-state index contributed by atoms with van der Waals surface area (Å²) in [4.78, 5) is 10.4. The van der Waals surface area contributed by atoms with Crippen LogP contribution in [0.15, 0.2) is 23.1 Å². The molecule has 0 bridgehead atoms. The molecule has 0 aliphatic carbocycles. The van der Waals surface area contributed by atoms with E-state index in [1.165, 1.54) is 12.1 Å². The maximum atomic E-state index is 11.8. The monoisotopic (exact) mass is 288 g/mol. The third-order valence-electron chi connectivity index (χ3n) is 2.00. The highest BCUT2D eigenvalue weighted by molar-refractivity contribution is 7.89. The normalized spacial score (nSPS) is 10.9. The van der Waals surface area contributed by atoms with E-state index in [9.17, 15) is 13.2 Å². The van der Waals surface area contributed by atoms with Crippen LogP contribution in [-0.2, 0) is 10.0 Å². The van der Waals surface area contributed by atoms with E-state index in [0.29, 0.717) is 0 Å². The first-order valence-corrected chi connectivity index (χ1v) is 6.64. The van der Waals surface area contributed by atoms with Crippen LogP contribution in [0.25, 0.3) is 0 Å². The summed E-state index contributed by atoms with van der Waals surface area (Å²) in [6, 6.07) is 5.16. The zero-order valence-electron chi connectivity index (χ0n) is 9.05. The number of carbonyl (C=O) groups is 1. The molecule has 0 aliphatic rings. The number of rotatable bonds is 5. The summed E-state index contributed by atoms with van der Waals surface area (Å²) >= 11 is 5.72. The molecule has 0 radical (unpaired) electrons. The summed E-state index contributed by atoms with van der Waals surface area (Å²) in [5, 5.41) is 17.0. The van der Waals surface area contributed by atoms with E-state index in [1.54, 1.807) is 6.07 Å². The molecule has 96 valence electrons. The second-order valence-corrected chi connectivity index (χ2v) is 5.40. The highest BCUT2D eigenvalue weighted by Crippen LogP contribution is 2.22. The lowest BCUT2D eigenvalue weighted by molar-refractivity contribution is 0.0696. The van der Waals surface area contributed by atoms with E-state index in [-0.39, 0.29) is 28.4 Å². The summed E-state index contributed by atoms with van der Waals surface area (Å²) in [6.07, 6.45) is 0.00940. The number of nitrogens with one attached hydrogen (secondary N) is 1. The van der Waals surface area contributed by atoms with E-state index in [1.807, 2.05) is 0 Å². The van der Waals surface area contributed by atoms with E-state index < -0.39 is 16.0 Å². The first-order valence-electron chi connectivity index (χ1n) is 4.78. The molecule has 1 rings (SSSR count). The van der Waals surface area contributed by atoms with E-state index in [0.717, 1.165) is 6.07 Å². The predicted molar refractivity (Wildman–Crippen MR) is 63.8 cm³/mol. The van der Waals surface area contributed by atoms with Gasteiger partial charge in [0.1, 0.15) is 4.90 Å². The van der Waals surface area contributed by atoms with Crippen molar-refractivity contribution in [3.63, 3.8) is 0 Å². The van der Waals surface area contributed by atoms with Crippen molar-refractivity contribution in [2.75, 3.05) is 6.54 Å². The van der Waals surface area contributed by atoms with Gasteiger partial charge in [0.25, 0.3) is 0 Å². The smallest absolute Gasteiger partial charge is 0.335 e. The van der Waals surface area contributed by atoms with Crippen molar-refractivity contribution in [2.45, 2.75) is 11.3 Å². The minimum atomic E-state index is -3.92. The van der Waals surface area contributed by atoms with Gasteiger partial charge >= 0.3 is 5.97 Å². The van der Waals surface area contributed by atoms with Gasteiger partial charge in [-0.05, 0) is 18.2 Å². The number of nitrogens with zero attached hydrogens (tertiary/aromatic N) is 1. The summed E-state index contributed by atoms with van der Waals surface area (Å²) in [7, 11) is -3.92. The molecule has 2 N–H and O–H groups in total. The Morgan fingerprint density at radius 1 is 1.50 bits per heavy atom. The minimum Gasteiger partial charge on any atom is -0.478 e. The van der Waals surface area contributed by atoms with E-state index in [4.69, 9.17) is 22.0 Å². The van der Waals surface area contributed by atoms with E-state index >= 15 is 0 Å². The number of hydrogen-bond acceptors (Lipinski definition) is 4. The van der Waals surface area contributed by atoms with Crippen LogP contribution in [0, 0.1) is 11.3 Å². The predicted octanol–water partition coefficient (Wildman–Crippen LogP) is 1.23. The first kappa shape index (κ1) is 14.4. The molecule has 0 fully saturated rings. The average Bonchev–Trinajstić information content (AvgIpc) is 2.29. The molecule has 6 nitrogen and oxygen atoms in total. The molecule has 18 heavy (non-hydrogen) atoms. The summed E-state index contributed by atoms with van der Waals surface area (Å²) in [5.74, 6) is -1.25. The van der Waals surface area contributed by atoms with Gasteiger partial charge < -0.3 is 5.11 Å². The highest BCUT2D eigenvalue weighted by atomic mass is 35.5. The molecule has 1 aromatic carbocycles. The molecule has 0 saturated heterocycles. The zero-order valence-corrected chi connectivity index (χ0v) is 10.6. The molecule has 0 unspecified atom stereocenters. The number of nitriles is 1. The van der Waals surface area contributed by atoms with Gasteiger partial charge in [-0.2, -0.15) is 5.26 Å². The Bertz CT molecular complexity index is 607. The van der Waals surface area contributed by atoms with Crippen LogP contribution in [0.3, 0.4) is 0 Å². The van der Waals surface area contributed by atoms with Crippen LogP contribution in [0.4, 0.5) is 0 Å². The molecule has 0 aromatic heterocycles. The maximum absolute atomic E-state index is 11.8. The second kappa shape index (κ2) is 5.82.